The average molecular weight is 1060 g/mol. The van der Waals surface area contributed by atoms with Crippen molar-refractivity contribution < 1.29 is 25.9 Å². The molecular formula is C56H86BaO6S2. The normalized spacial score (nSPS) is 11.8. The summed E-state index contributed by atoms with van der Waals surface area (Å²) >= 11 is 0. The topological polar surface area (TPSA) is 114 Å². The van der Waals surface area contributed by atoms with Crippen LogP contribution in [0.15, 0.2) is 70.5 Å². The Labute approximate surface area is 438 Å². The summed E-state index contributed by atoms with van der Waals surface area (Å²) in [5.41, 5.74) is 4.39. The molecule has 0 aromatic heterocycles. The maximum Gasteiger partial charge on any atom is 2.00 e. The molecule has 4 aromatic rings. The van der Waals surface area contributed by atoms with Gasteiger partial charge in [0.1, 0.15) is 20.2 Å². The molecule has 6 nitrogen and oxygen atoms in total. The van der Waals surface area contributed by atoms with E-state index in [1.807, 2.05) is 24.3 Å². The Kier molecular flexibility index (Phi) is 32.2. The molecule has 0 aliphatic rings. The quantitative estimate of drug-likeness (QED) is 0.0261. The van der Waals surface area contributed by atoms with Crippen LogP contribution < -0.4 is 0 Å². The van der Waals surface area contributed by atoms with Crippen LogP contribution in [0.5, 0.6) is 0 Å². The van der Waals surface area contributed by atoms with Gasteiger partial charge in [0.2, 0.25) is 0 Å². The number of rotatable bonds is 34. The van der Waals surface area contributed by atoms with E-state index in [1.165, 1.54) is 152 Å². The molecule has 65 heavy (non-hydrogen) atoms. The fourth-order valence-corrected chi connectivity index (χ4v) is 10.5. The zero-order valence-electron chi connectivity index (χ0n) is 41.4. The molecule has 0 amide bonds. The van der Waals surface area contributed by atoms with Gasteiger partial charge in [-0.25, -0.2) is 16.8 Å². The van der Waals surface area contributed by atoms with E-state index in [1.54, 1.807) is 12.1 Å². The third kappa shape index (κ3) is 24.8. The SMILES string of the molecule is CCCCCCCCCc1ccc2c(S(=O)(=O)[O-])cc(CCCCCCCCC)cc2c1.CCCCCCCCCc1ccc2c(S(=O)(=O)[O-])cc(CCCCCCCCC)cc2c1.[Ba+2]. The summed E-state index contributed by atoms with van der Waals surface area (Å²) in [5, 5.41) is 2.90. The molecular weight excluding hydrogens is 970 g/mol. The Morgan fingerprint density at radius 2 is 0.554 bits per heavy atom. The van der Waals surface area contributed by atoms with Crippen molar-refractivity contribution in [2.45, 2.75) is 243 Å². The minimum absolute atomic E-state index is 0. The van der Waals surface area contributed by atoms with Crippen LogP contribution in [0.1, 0.15) is 230 Å². The van der Waals surface area contributed by atoms with Gasteiger partial charge in [-0.05, 0) is 107 Å². The molecule has 0 aliphatic carbocycles. The molecule has 0 N–H and O–H groups in total. The van der Waals surface area contributed by atoms with Crippen LogP contribution in [0.2, 0.25) is 0 Å². The molecule has 4 aromatic carbocycles. The van der Waals surface area contributed by atoms with Crippen molar-refractivity contribution >= 4 is 90.7 Å². The Hall–Kier alpha value is -1.21. The van der Waals surface area contributed by atoms with Crippen molar-refractivity contribution in [3.8, 4) is 0 Å². The summed E-state index contributed by atoms with van der Waals surface area (Å²) in [6.07, 6.45) is 38.6. The van der Waals surface area contributed by atoms with Crippen molar-refractivity contribution in [2.75, 3.05) is 0 Å². The van der Waals surface area contributed by atoms with E-state index < -0.39 is 20.2 Å². The van der Waals surface area contributed by atoms with E-state index in [0.29, 0.717) is 10.8 Å². The van der Waals surface area contributed by atoms with Crippen LogP contribution in [-0.4, -0.2) is 74.8 Å². The fourth-order valence-electron chi connectivity index (χ4n) is 9.05. The minimum atomic E-state index is -4.49. The monoisotopic (exact) mass is 1060 g/mol. The van der Waals surface area contributed by atoms with Crippen molar-refractivity contribution in [1.29, 1.82) is 0 Å². The van der Waals surface area contributed by atoms with E-state index in [2.05, 4.69) is 52.0 Å². The zero-order valence-corrected chi connectivity index (χ0v) is 47.4. The Morgan fingerprint density at radius 1 is 0.323 bits per heavy atom. The van der Waals surface area contributed by atoms with Crippen LogP contribution in [0.4, 0.5) is 0 Å². The van der Waals surface area contributed by atoms with E-state index in [9.17, 15) is 25.9 Å². The number of hydrogen-bond acceptors (Lipinski definition) is 6. The maximum atomic E-state index is 11.9. The molecule has 0 aliphatic heterocycles. The van der Waals surface area contributed by atoms with E-state index in [4.69, 9.17) is 0 Å². The summed E-state index contributed by atoms with van der Waals surface area (Å²) in [5.74, 6) is 0. The minimum Gasteiger partial charge on any atom is -0.744 e. The van der Waals surface area contributed by atoms with Gasteiger partial charge in [0.15, 0.2) is 0 Å². The summed E-state index contributed by atoms with van der Waals surface area (Å²) in [6.45, 7) is 8.93. The second-order valence-electron chi connectivity index (χ2n) is 18.7. The van der Waals surface area contributed by atoms with Crippen LogP contribution >= 0.6 is 0 Å². The Bertz CT molecular complexity index is 1950. The van der Waals surface area contributed by atoms with Gasteiger partial charge in [0, 0.05) is 0 Å². The maximum absolute atomic E-state index is 11.9. The predicted octanol–water partition coefficient (Wildman–Crippen LogP) is 16.3. The number of fused-ring (bicyclic) bond motifs is 2. The average Bonchev–Trinajstić information content (AvgIpc) is 3.26. The summed E-state index contributed by atoms with van der Waals surface area (Å²) in [4.78, 5) is -0.120. The van der Waals surface area contributed by atoms with Gasteiger partial charge in [-0.1, -0.05) is 230 Å². The van der Waals surface area contributed by atoms with Crippen LogP contribution in [0.3, 0.4) is 0 Å². The molecule has 0 unspecified atom stereocenters. The standard InChI is InChI=1S/2C28H44O3S.Ba/c2*1-3-5-7-9-11-13-15-17-24-19-20-27-26(21-24)22-25(23-28(27)32(29,30)31)18-16-14-12-10-8-6-4-2;/h2*19-23H,3-18H2,1-2H3,(H,29,30,31);/q;;+2/p-2. The second-order valence-corrected chi connectivity index (χ2v) is 21.4. The van der Waals surface area contributed by atoms with Crippen molar-refractivity contribution in [1.82, 2.24) is 0 Å². The Balaban J connectivity index is 0.000000440. The predicted molar refractivity (Wildman–Crippen MR) is 276 cm³/mol. The molecule has 0 fully saturated rings. The van der Waals surface area contributed by atoms with Gasteiger partial charge in [-0.2, -0.15) is 0 Å². The first-order valence-corrected chi connectivity index (χ1v) is 28.8. The van der Waals surface area contributed by atoms with Gasteiger partial charge < -0.3 is 9.11 Å². The van der Waals surface area contributed by atoms with Crippen LogP contribution in [0.25, 0.3) is 21.5 Å². The fraction of sp³-hybridized carbons (Fsp3) is 0.643. The number of unbranched alkanes of at least 4 members (excludes halogenated alkanes) is 24. The molecule has 0 bridgehead atoms. The molecule has 0 atom stereocenters. The number of hydrogen-bond donors (Lipinski definition) is 0. The first-order chi connectivity index (χ1) is 30.9. The summed E-state index contributed by atoms with van der Waals surface area (Å²) in [7, 11) is -8.98. The van der Waals surface area contributed by atoms with Gasteiger partial charge in [-0.3, -0.25) is 0 Å². The molecule has 0 radical (unpaired) electrons. The smallest absolute Gasteiger partial charge is 0.744 e. The molecule has 0 heterocycles. The van der Waals surface area contributed by atoms with Crippen molar-refractivity contribution in [2.24, 2.45) is 0 Å². The number of benzene rings is 4. The third-order valence-electron chi connectivity index (χ3n) is 12.9. The van der Waals surface area contributed by atoms with E-state index in [0.717, 1.165) is 86.1 Å². The molecule has 0 saturated heterocycles. The zero-order chi connectivity index (χ0) is 46.5. The van der Waals surface area contributed by atoms with Gasteiger partial charge in [0.05, 0.1) is 9.79 Å². The first-order valence-electron chi connectivity index (χ1n) is 25.9. The molecule has 0 spiro atoms. The largest absolute Gasteiger partial charge is 2.00 e. The molecule has 9 heteroatoms. The van der Waals surface area contributed by atoms with E-state index in [-0.39, 0.29) is 58.7 Å². The van der Waals surface area contributed by atoms with Crippen LogP contribution in [-0.2, 0) is 45.9 Å². The molecule has 4 rings (SSSR count). The first kappa shape index (κ1) is 59.9. The summed E-state index contributed by atoms with van der Waals surface area (Å²) in [6, 6.07) is 19.2. The summed E-state index contributed by atoms with van der Waals surface area (Å²) < 4.78 is 71.5. The van der Waals surface area contributed by atoms with Crippen molar-refractivity contribution in [3.05, 3.63) is 82.9 Å². The second kappa shape index (κ2) is 35.0. The van der Waals surface area contributed by atoms with Gasteiger partial charge >= 0.3 is 48.9 Å². The van der Waals surface area contributed by atoms with Crippen LogP contribution in [0, 0.1) is 0 Å². The molecule has 360 valence electrons. The Morgan fingerprint density at radius 3 is 0.815 bits per heavy atom. The van der Waals surface area contributed by atoms with E-state index >= 15 is 0 Å². The third-order valence-corrected chi connectivity index (χ3v) is 14.6. The molecule has 0 saturated carbocycles. The van der Waals surface area contributed by atoms with Gasteiger partial charge in [0.25, 0.3) is 0 Å². The van der Waals surface area contributed by atoms with Gasteiger partial charge in [-0.15, -0.1) is 0 Å². The van der Waals surface area contributed by atoms with Crippen molar-refractivity contribution in [3.63, 3.8) is 0 Å². The number of aryl methyl sites for hydroxylation is 4.